The van der Waals surface area contributed by atoms with E-state index in [1.54, 1.807) is 12.1 Å². The van der Waals surface area contributed by atoms with Crippen LogP contribution in [0, 0.1) is 0 Å². The minimum absolute atomic E-state index is 0.0194. The Labute approximate surface area is 172 Å². The summed E-state index contributed by atoms with van der Waals surface area (Å²) in [7, 11) is 0. The van der Waals surface area contributed by atoms with Crippen molar-refractivity contribution in [1.29, 1.82) is 0 Å². The molecule has 3 rings (SSSR count). The molecule has 0 spiro atoms. The Morgan fingerprint density at radius 2 is 1.45 bits per heavy atom. The van der Waals surface area contributed by atoms with Crippen molar-refractivity contribution in [3.63, 3.8) is 0 Å². The molecule has 0 unspecified atom stereocenters. The molecule has 0 radical (unpaired) electrons. The number of phenolic OH excluding ortho intramolecular Hbond substituents is 1. The summed E-state index contributed by atoms with van der Waals surface area (Å²) >= 11 is 0. The van der Waals surface area contributed by atoms with Gasteiger partial charge >= 0.3 is 0 Å². The van der Waals surface area contributed by atoms with Gasteiger partial charge in [0.05, 0.1) is 0 Å². The third kappa shape index (κ3) is 6.77. The van der Waals surface area contributed by atoms with E-state index < -0.39 is 0 Å². The van der Waals surface area contributed by atoms with Crippen LogP contribution < -0.4 is 10.6 Å². The number of hydrogen-bond acceptors (Lipinski definition) is 3. The summed E-state index contributed by atoms with van der Waals surface area (Å²) in [6.45, 7) is 2.11. The van der Waals surface area contributed by atoms with Crippen LogP contribution >= 0.6 is 0 Å². The quantitative estimate of drug-likeness (QED) is 0.459. The van der Waals surface area contributed by atoms with Crippen molar-refractivity contribution in [3.05, 3.63) is 101 Å². The Morgan fingerprint density at radius 3 is 2.24 bits per heavy atom. The van der Waals surface area contributed by atoms with Crippen molar-refractivity contribution >= 4 is 5.91 Å². The van der Waals surface area contributed by atoms with Gasteiger partial charge in [-0.1, -0.05) is 60.7 Å². The second kappa shape index (κ2) is 11.0. The highest BCUT2D eigenvalue weighted by Crippen LogP contribution is 2.11. The SMILES string of the molecule is O=C(NCCCc1ccccc1)c1ccccc1CNCCc1ccc(O)cc1. The molecule has 29 heavy (non-hydrogen) atoms. The summed E-state index contributed by atoms with van der Waals surface area (Å²) in [5, 5.41) is 15.8. The summed E-state index contributed by atoms with van der Waals surface area (Å²) in [4.78, 5) is 12.6. The first kappa shape index (κ1) is 20.6. The van der Waals surface area contributed by atoms with Crippen molar-refractivity contribution in [2.45, 2.75) is 25.8 Å². The number of nitrogens with one attached hydrogen (secondary N) is 2. The number of benzene rings is 3. The standard InChI is InChI=1S/C25H28N2O2/c28-23-14-12-21(13-15-23)16-18-26-19-22-10-4-5-11-24(22)25(29)27-17-6-9-20-7-2-1-3-8-20/h1-5,7-8,10-15,26,28H,6,9,16-19H2,(H,27,29). The molecule has 0 saturated heterocycles. The van der Waals surface area contributed by atoms with Gasteiger partial charge in [0, 0.05) is 18.7 Å². The van der Waals surface area contributed by atoms with E-state index in [9.17, 15) is 9.90 Å². The van der Waals surface area contributed by atoms with Crippen LogP contribution in [0.2, 0.25) is 0 Å². The highest BCUT2D eigenvalue weighted by atomic mass is 16.3. The lowest BCUT2D eigenvalue weighted by Crippen LogP contribution is -2.27. The maximum atomic E-state index is 12.6. The zero-order chi connectivity index (χ0) is 20.3. The normalized spacial score (nSPS) is 10.6. The van der Waals surface area contributed by atoms with E-state index in [1.165, 1.54) is 11.1 Å². The van der Waals surface area contributed by atoms with E-state index >= 15 is 0 Å². The van der Waals surface area contributed by atoms with E-state index in [0.29, 0.717) is 13.1 Å². The smallest absolute Gasteiger partial charge is 0.251 e. The molecule has 0 aromatic heterocycles. The Balaban J connectivity index is 1.43. The summed E-state index contributed by atoms with van der Waals surface area (Å²) in [5.41, 5.74) is 4.18. The molecule has 3 aromatic rings. The zero-order valence-corrected chi connectivity index (χ0v) is 16.6. The van der Waals surface area contributed by atoms with Gasteiger partial charge in [-0.05, 0) is 60.7 Å². The second-order valence-electron chi connectivity index (χ2n) is 7.10. The van der Waals surface area contributed by atoms with E-state index in [2.05, 4.69) is 22.8 Å². The largest absolute Gasteiger partial charge is 0.508 e. The predicted molar refractivity (Wildman–Crippen MR) is 117 cm³/mol. The first-order valence-corrected chi connectivity index (χ1v) is 10.1. The fourth-order valence-electron chi connectivity index (χ4n) is 3.25. The summed E-state index contributed by atoms with van der Waals surface area (Å²) < 4.78 is 0. The van der Waals surface area contributed by atoms with Gasteiger partial charge in [-0.15, -0.1) is 0 Å². The molecule has 0 saturated carbocycles. The lowest BCUT2D eigenvalue weighted by molar-refractivity contribution is 0.0952. The van der Waals surface area contributed by atoms with Gasteiger partial charge < -0.3 is 15.7 Å². The van der Waals surface area contributed by atoms with Gasteiger partial charge in [-0.25, -0.2) is 0 Å². The van der Waals surface area contributed by atoms with Crippen molar-refractivity contribution in [1.82, 2.24) is 10.6 Å². The summed E-state index contributed by atoms with van der Waals surface area (Å²) in [6.07, 6.45) is 2.75. The van der Waals surface area contributed by atoms with Gasteiger partial charge in [-0.3, -0.25) is 4.79 Å². The van der Waals surface area contributed by atoms with Gasteiger partial charge in [0.15, 0.2) is 0 Å². The van der Waals surface area contributed by atoms with Crippen LogP contribution in [0.15, 0.2) is 78.9 Å². The molecule has 0 atom stereocenters. The fourth-order valence-corrected chi connectivity index (χ4v) is 3.25. The number of carbonyl (C=O) groups excluding carboxylic acids is 1. The van der Waals surface area contributed by atoms with Gasteiger partial charge in [-0.2, -0.15) is 0 Å². The summed E-state index contributed by atoms with van der Waals surface area (Å²) in [6, 6.07) is 25.3. The van der Waals surface area contributed by atoms with E-state index in [1.807, 2.05) is 54.6 Å². The van der Waals surface area contributed by atoms with Gasteiger partial charge in [0.25, 0.3) is 5.91 Å². The second-order valence-corrected chi connectivity index (χ2v) is 7.10. The van der Waals surface area contributed by atoms with Crippen LogP contribution in [0.5, 0.6) is 5.75 Å². The van der Waals surface area contributed by atoms with Crippen LogP contribution in [0.4, 0.5) is 0 Å². The number of aryl methyl sites for hydroxylation is 1. The van der Waals surface area contributed by atoms with Crippen molar-refractivity contribution in [2.75, 3.05) is 13.1 Å². The predicted octanol–water partition coefficient (Wildman–Crippen LogP) is 4.09. The topological polar surface area (TPSA) is 61.4 Å². The number of aromatic hydroxyl groups is 1. The number of hydrogen-bond donors (Lipinski definition) is 3. The van der Waals surface area contributed by atoms with Crippen molar-refractivity contribution in [3.8, 4) is 5.75 Å². The van der Waals surface area contributed by atoms with Crippen LogP contribution in [0.1, 0.15) is 33.5 Å². The van der Waals surface area contributed by atoms with Crippen LogP contribution in [-0.4, -0.2) is 24.1 Å². The van der Waals surface area contributed by atoms with E-state index in [0.717, 1.165) is 36.9 Å². The average molecular weight is 389 g/mol. The molecule has 0 heterocycles. The Bertz CT molecular complexity index is 892. The lowest BCUT2D eigenvalue weighted by Gasteiger charge is -2.11. The minimum Gasteiger partial charge on any atom is -0.508 e. The van der Waals surface area contributed by atoms with Gasteiger partial charge in [0.1, 0.15) is 5.75 Å². The Hall–Kier alpha value is -3.11. The fraction of sp³-hybridized carbons (Fsp3) is 0.240. The maximum Gasteiger partial charge on any atom is 0.251 e. The van der Waals surface area contributed by atoms with Crippen molar-refractivity contribution in [2.24, 2.45) is 0 Å². The third-order valence-corrected chi connectivity index (χ3v) is 4.87. The first-order valence-electron chi connectivity index (χ1n) is 10.1. The highest BCUT2D eigenvalue weighted by molar-refractivity contribution is 5.95. The molecule has 0 aliphatic rings. The molecule has 1 amide bonds. The monoisotopic (exact) mass is 388 g/mol. The maximum absolute atomic E-state index is 12.6. The molecular formula is C25H28N2O2. The molecule has 4 heteroatoms. The van der Waals surface area contributed by atoms with Gasteiger partial charge in [0.2, 0.25) is 0 Å². The first-order chi connectivity index (χ1) is 14.2. The molecule has 0 fully saturated rings. The van der Waals surface area contributed by atoms with Crippen LogP contribution in [0.25, 0.3) is 0 Å². The summed E-state index contributed by atoms with van der Waals surface area (Å²) in [5.74, 6) is 0.263. The highest BCUT2D eigenvalue weighted by Gasteiger charge is 2.10. The van der Waals surface area contributed by atoms with E-state index in [-0.39, 0.29) is 11.7 Å². The lowest BCUT2D eigenvalue weighted by atomic mass is 10.1. The number of carbonyl (C=O) groups is 1. The van der Waals surface area contributed by atoms with E-state index in [4.69, 9.17) is 0 Å². The number of amides is 1. The molecule has 0 aliphatic heterocycles. The van der Waals surface area contributed by atoms with Crippen LogP contribution in [-0.2, 0) is 19.4 Å². The number of phenols is 1. The molecule has 4 nitrogen and oxygen atoms in total. The molecule has 150 valence electrons. The minimum atomic E-state index is -0.0194. The van der Waals surface area contributed by atoms with Crippen LogP contribution in [0.3, 0.4) is 0 Å². The average Bonchev–Trinajstić information content (AvgIpc) is 2.76. The Kier molecular flexibility index (Phi) is 7.84. The zero-order valence-electron chi connectivity index (χ0n) is 16.6. The molecular weight excluding hydrogens is 360 g/mol. The molecule has 0 aliphatic carbocycles. The third-order valence-electron chi connectivity index (χ3n) is 4.87. The molecule has 3 N–H and O–H groups in total. The molecule has 0 bridgehead atoms. The van der Waals surface area contributed by atoms with Crippen molar-refractivity contribution < 1.29 is 9.90 Å². The Morgan fingerprint density at radius 1 is 0.759 bits per heavy atom. The number of rotatable bonds is 10. The molecule has 3 aromatic carbocycles.